The first-order valence-corrected chi connectivity index (χ1v) is 6.37. The molecule has 0 fully saturated rings. The summed E-state index contributed by atoms with van der Waals surface area (Å²) in [6.45, 7) is 6.38. The molecule has 0 aliphatic rings. The summed E-state index contributed by atoms with van der Waals surface area (Å²) in [4.78, 5) is 11.9. The second-order valence-electron chi connectivity index (χ2n) is 3.99. The molecule has 0 bridgehead atoms. The van der Waals surface area contributed by atoms with Crippen LogP contribution < -0.4 is 11.1 Å². The van der Waals surface area contributed by atoms with E-state index < -0.39 is 0 Å². The molecule has 1 amide bonds. The van der Waals surface area contributed by atoms with Crippen molar-refractivity contribution in [1.82, 2.24) is 15.1 Å². The number of amides is 1. The second kappa shape index (κ2) is 7.71. The van der Waals surface area contributed by atoms with Crippen molar-refractivity contribution in [2.24, 2.45) is 0 Å². The van der Waals surface area contributed by atoms with E-state index >= 15 is 0 Å². The summed E-state index contributed by atoms with van der Waals surface area (Å²) in [5.41, 5.74) is 6.54. The van der Waals surface area contributed by atoms with Crippen molar-refractivity contribution < 1.29 is 9.53 Å². The van der Waals surface area contributed by atoms with E-state index in [0.717, 1.165) is 19.4 Å². The molecule has 0 aliphatic carbocycles. The van der Waals surface area contributed by atoms with Crippen molar-refractivity contribution in [2.75, 3.05) is 25.5 Å². The summed E-state index contributed by atoms with van der Waals surface area (Å²) in [5.74, 6) is -0.203. The third-order valence-electron chi connectivity index (χ3n) is 2.56. The molecule has 0 saturated heterocycles. The molecule has 1 rings (SSSR count). The molecule has 18 heavy (non-hydrogen) atoms. The lowest BCUT2D eigenvalue weighted by Gasteiger charge is -2.08. The quantitative estimate of drug-likeness (QED) is 0.679. The number of nitrogens with two attached hydrogens (primary N) is 1. The van der Waals surface area contributed by atoms with E-state index in [9.17, 15) is 4.79 Å². The van der Waals surface area contributed by atoms with Crippen LogP contribution in [0.3, 0.4) is 0 Å². The average Bonchev–Trinajstić information content (AvgIpc) is 2.74. The average molecular weight is 254 g/mol. The van der Waals surface area contributed by atoms with Gasteiger partial charge in [0.1, 0.15) is 5.69 Å². The number of carbonyl (C=O) groups excluding carboxylic acids is 1. The zero-order valence-corrected chi connectivity index (χ0v) is 11.1. The molecule has 3 N–H and O–H groups in total. The van der Waals surface area contributed by atoms with Gasteiger partial charge in [-0.2, -0.15) is 5.10 Å². The number of anilines is 1. The number of nitrogen functional groups attached to an aromatic ring is 1. The van der Waals surface area contributed by atoms with Gasteiger partial charge in [0.2, 0.25) is 0 Å². The number of hydrogen-bond donors (Lipinski definition) is 2. The Kier molecular flexibility index (Phi) is 6.21. The summed E-state index contributed by atoms with van der Waals surface area (Å²) >= 11 is 0. The van der Waals surface area contributed by atoms with Crippen molar-refractivity contribution in [1.29, 1.82) is 0 Å². The SMILES string of the molecule is CCCCOCCNC(=O)c1c(N)cnn1CC. The molecule has 0 unspecified atom stereocenters. The maximum absolute atomic E-state index is 11.9. The number of aryl methyl sites for hydroxylation is 1. The van der Waals surface area contributed by atoms with E-state index in [0.29, 0.717) is 31.1 Å². The molecule has 1 aromatic heterocycles. The summed E-state index contributed by atoms with van der Waals surface area (Å²) in [5, 5.41) is 6.80. The van der Waals surface area contributed by atoms with Gasteiger partial charge in [-0.15, -0.1) is 0 Å². The van der Waals surface area contributed by atoms with E-state index in [-0.39, 0.29) is 5.91 Å². The molecule has 0 spiro atoms. The number of aromatic nitrogens is 2. The Hall–Kier alpha value is -1.56. The smallest absolute Gasteiger partial charge is 0.271 e. The topological polar surface area (TPSA) is 82.2 Å². The molecule has 1 heterocycles. The molecule has 0 radical (unpaired) electrons. The van der Waals surface area contributed by atoms with Gasteiger partial charge in [-0.05, 0) is 13.3 Å². The van der Waals surface area contributed by atoms with Gasteiger partial charge in [-0.3, -0.25) is 9.48 Å². The van der Waals surface area contributed by atoms with Crippen molar-refractivity contribution in [2.45, 2.75) is 33.2 Å². The summed E-state index contributed by atoms with van der Waals surface area (Å²) < 4.78 is 6.95. The molecular formula is C12H22N4O2. The first kappa shape index (κ1) is 14.5. The van der Waals surface area contributed by atoms with E-state index in [4.69, 9.17) is 10.5 Å². The Labute approximate surface area is 107 Å². The van der Waals surface area contributed by atoms with Crippen molar-refractivity contribution >= 4 is 11.6 Å². The number of nitrogens with one attached hydrogen (secondary N) is 1. The van der Waals surface area contributed by atoms with E-state index in [2.05, 4.69) is 17.3 Å². The fraction of sp³-hybridized carbons (Fsp3) is 0.667. The van der Waals surface area contributed by atoms with Crippen molar-refractivity contribution in [3.63, 3.8) is 0 Å². The van der Waals surface area contributed by atoms with Crippen LogP contribution in [0.2, 0.25) is 0 Å². The summed E-state index contributed by atoms with van der Waals surface area (Å²) in [6.07, 6.45) is 3.65. The van der Waals surface area contributed by atoms with Gasteiger partial charge < -0.3 is 15.8 Å². The zero-order valence-electron chi connectivity index (χ0n) is 11.1. The minimum Gasteiger partial charge on any atom is -0.396 e. The third-order valence-corrected chi connectivity index (χ3v) is 2.56. The summed E-state index contributed by atoms with van der Waals surface area (Å²) in [6, 6.07) is 0. The van der Waals surface area contributed by atoms with Crippen LogP contribution in [0, 0.1) is 0 Å². The van der Waals surface area contributed by atoms with Crippen LogP contribution >= 0.6 is 0 Å². The lowest BCUT2D eigenvalue weighted by molar-refractivity contribution is 0.0903. The van der Waals surface area contributed by atoms with Crippen LogP contribution in [0.4, 0.5) is 5.69 Å². The van der Waals surface area contributed by atoms with Crippen LogP contribution in [-0.2, 0) is 11.3 Å². The van der Waals surface area contributed by atoms with Crippen molar-refractivity contribution in [3.05, 3.63) is 11.9 Å². The second-order valence-corrected chi connectivity index (χ2v) is 3.99. The van der Waals surface area contributed by atoms with Gasteiger partial charge in [0.25, 0.3) is 5.91 Å². The maximum atomic E-state index is 11.9. The molecule has 1 aromatic rings. The highest BCUT2D eigenvalue weighted by Crippen LogP contribution is 2.09. The Bertz CT molecular complexity index is 376. The van der Waals surface area contributed by atoms with Gasteiger partial charge in [0.15, 0.2) is 0 Å². The highest BCUT2D eigenvalue weighted by molar-refractivity contribution is 5.97. The summed E-state index contributed by atoms with van der Waals surface area (Å²) in [7, 11) is 0. The minimum atomic E-state index is -0.203. The number of hydrogen-bond acceptors (Lipinski definition) is 4. The first-order chi connectivity index (χ1) is 8.70. The van der Waals surface area contributed by atoms with Gasteiger partial charge in [0.05, 0.1) is 18.5 Å². The lowest BCUT2D eigenvalue weighted by atomic mass is 10.3. The minimum absolute atomic E-state index is 0.203. The number of unbranched alkanes of at least 4 members (excludes halogenated alkanes) is 1. The lowest BCUT2D eigenvalue weighted by Crippen LogP contribution is -2.30. The number of nitrogens with zero attached hydrogens (tertiary/aromatic N) is 2. The first-order valence-electron chi connectivity index (χ1n) is 6.37. The van der Waals surface area contributed by atoms with Crippen LogP contribution in [0.5, 0.6) is 0 Å². The number of carbonyl (C=O) groups is 1. The highest BCUT2D eigenvalue weighted by Gasteiger charge is 2.15. The molecule has 0 atom stereocenters. The Morgan fingerprint density at radius 2 is 2.28 bits per heavy atom. The maximum Gasteiger partial charge on any atom is 0.271 e. The van der Waals surface area contributed by atoms with Gasteiger partial charge in [-0.1, -0.05) is 13.3 Å². The largest absolute Gasteiger partial charge is 0.396 e. The molecule has 0 aliphatic heterocycles. The number of ether oxygens (including phenoxy) is 1. The Morgan fingerprint density at radius 1 is 1.50 bits per heavy atom. The van der Waals surface area contributed by atoms with Gasteiger partial charge in [-0.25, -0.2) is 0 Å². The third kappa shape index (κ3) is 4.03. The molecule has 102 valence electrons. The van der Waals surface area contributed by atoms with Crippen LogP contribution in [0.25, 0.3) is 0 Å². The predicted molar refractivity (Wildman–Crippen MR) is 70.4 cm³/mol. The standard InChI is InChI=1S/C12H22N4O2/c1-3-5-7-18-8-6-14-12(17)11-10(13)9-15-16(11)4-2/h9H,3-8,13H2,1-2H3,(H,14,17). The molecule has 6 heteroatoms. The van der Waals surface area contributed by atoms with E-state index in [1.54, 1.807) is 4.68 Å². The van der Waals surface area contributed by atoms with E-state index in [1.807, 2.05) is 6.92 Å². The molecule has 0 saturated carbocycles. The predicted octanol–water partition coefficient (Wildman–Crippen LogP) is 1.03. The molecular weight excluding hydrogens is 232 g/mol. The zero-order chi connectivity index (χ0) is 13.4. The molecule has 6 nitrogen and oxygen atoms in total. The van der Waals surface area contributed by atoms with Crippen LogP contribution in [0.15, 0.2) is 6.20 Å². The van der Waals surface area contributed by atoms with Gasteiger partial charge >= 0.3 is 0 Å². The van der Waals surface area contributed by atoms with Gasteiger partial charge in [0, 0.05) is 19.7 Å². The molecule has 0 aromatic carbocycles. The monoisotopic (exact) mass is 254 g/mol. The highest BCUT2D eigenvalue weighted by atomic mass is 16.5. The van der Waals surface area contributed by atoms with Crippen LogP contribution in [0.1, 0.15) is 37.2 Å². The fourth-order valence-corrected chi connectivity index (χ4v) is 1.56. The Balaban J connectivity index is 2.34. The van der Waals surface area contributed by atoms with Crippen LogP contribution in [-0.4, -0.2) is 35.4 Å². The van der Waals surface area contributed by atoms with E-state index in [1.165, 1.54) is 6.20 Å². The number of rotatable bonds is 8. The van der Waals surface area contributed by atoms with Crippen molar-refractivity contribution in [3.8, 4) is 0 Å². The normalized spacial score (nSPS) is 10.6. The Morgan fingerprint density at radius 3 is 2.94 bits per heavy atom. The fourth-order valence-electron chi connectivity index (χ4n) is 1.56.